The zero-order valence-corrected chi connectivity index (χ0v) is 13.4. The van der Waals surface area contributed by atoms with Crippen molar-refractivity contribution in [1.29, 1.82) is 0 Å². The lowest BCUT2D eigenvalue weighted by molar-refractivity contribution is -0.0327. The standard InChI is InChI=1S/C13H20F3N5S/c1-17-12(18-4-6-22-13(14,15)16)21-5-3-10(9-21)11-7-19-20(2)8-11/h7-8,10H,3-6,9H2,1-2H3,(H,17,18). The first-order chi connectivity index (χ1) is 10.4. The van der Waals surface area contributed by atoms with Crippen LogP contribution in [0.1, 0.15) is 17.9 Å². The van der Waals surface area contributed by atoms with Crippen molar-refractivity contribution in [3.8, 4) is 0 Å². The average molecular weight is 335 g/mol. The zero-order chi connectivity index (χ0) is 16.2. The lowest BCUT2D eigenvalue weighted by atomic mass is 10.0. The molecule has 0 aliphatic carbocycles. The van der Waals surface area contributed by atoms with Crippen LogP contribution in [0.4, 0.5) is 13.2 Å². The van der Waals surface area contributed by atoms with Gasteiger partial charge in [-0.15, -0.1) is 0 Å². The molecule has 0 bridgehead atoms. The van der Waals surface area contributed by atoms with Crippen LogP contribution in [0.3, 0.4) is 0 Å². The van der Waals surface area contributed by atoms with E-state index in [9.17, 15) is 13.2 Å². The first kappa shape index (κ1) is 17.0. The summed E-state index contributed by atoms with van der Waals surface area (Å²) in [6.45, 7) is 1.88. The van der Waals surface area contributed by atoms with E-state index in [1.165, 1.54) is 5.56 Å². The lowest BCUT2D eigenvalue weighted by Crippen LogP contribution is -2.41. The normalized spacial score (nSPS) is 19.8. The number of halogens is 3. The topological polar surface area (TPSA) is 45.5 Å². The summed E-state index contributed by atoms with van der Waals surface area (Å²) in [5.41, 5.74) is -2.99. The molecule has 0 spiro atoms. The Labute approximate surface area is 132 Å². The van der Waals surface area contributed by atoms with Gasteiger partial charge in [-0.2, -0.15) is 18.3 Å². The molecule has 0 amide bonds. The average Bonchev–Trinajstić information content (AvgIpc) is 3.06. The number of aryl methyl sites for hydroxylation is 1. The molecule has 0 aromatic carbocycles. The minimum atomic E-state index is -4.18. The lowest BCUT2D eigenvalue weighted by Gasteiger charge is -2.21. The summed E-state index contributed by atoms with van der Waals surface area (Å²) >= 11 is -0.0183. The Kier molecular flexibility index (Phi) is 5.60. The predicted octanol–water partition coefficient (Wildman–Crippen LogP) is 2.04. The number of hydrogen-bond donors (Lipinski definition) is 1. The van der Waals surface area contributed by atoms with Crippen LogP contribution in [-0.4, -0.2) is 58.6 Å². The molecule has 5 nitrogen and oxygen atoms in total. The number of nitrogens with zero attached hydrogens (tertiary/aromatic N) is 4. The molecule has 1 aliphatic heterocycles. The number of thioether (sulfide) groups is 1. The molecule has 2 heterocycles. The zero-order valence-electron chi connectivity index (χ0n) is 12.6. The van der Waals surface area contributed by atoms with Crippen LogP contribution >= 0.6 is 11.8 Å². The fraction of sp³-hybridized carbons (Fsp3) is 0.692. The van der Waals surface area contributed by atoms with Crippen LogP contribution in [0.15, 0.2) is 17.4 Å². The van der Waals surface area contributed by atoms with Gasteiger partial charge in [0.1, 0.15) is 0 Å². The van der Waals surface area contributed by atoms with Crippen molar-refractivity contribution < 1.29 is 13.2 Å². The van der Waals surface area contributed by atoms with Gasteiger partial charge in [0, 0.05) is 51.6 Å². The fourth-order valence-corrected chi connectivity index (χ4v) is 2.97. The van der Waals surface area contributed by atoms with Gasteiger partial charge in [-0.05, 0) is 23.7 Å². The molecule has 124 valence electrons. The van der Waals surface area contributed by atoms with Crippen molar-refractivity contribution in [2.75, 3.05) is 32.4 Å². The Hall–Kier alpha value is -1.38. The van der Waals surface area contributed by atoms with Crippen molar-refractivity contribution in [1.82, 2.24) is 20.0 Å². The molecule has 9 heteroatoms. The molecule has 1 saturated heterocycles. The van der Waals surface area contributed by atoms with Gasteiger partial charge in [-0.25, -0.2) is 0 Å². The molecule has 1 aromatic heterocycles. The monoisotopic (exact) mass is 335 g/mol. The second-order valence-electron chi connectivity index (χ2n) is 5.15. The van der Waals surface area contributed by atoms with Crippen molar-refractivity contribution >= 4 is 17.7 Å². The molecular weight excluding hydrogens is 315 g/mol. The second kappa shape index (κ2) is 7.26. The van der Waals surface area contributed by atoms with Crippen LogP contribution in [0.2, 0.25) is 0 Å². The van der Waals surface area contributed by atoms with E-state index in [0.717, 1.165) is 19.5 Å². The van der Waals surface area contributed by atoms with Crippen LogP contribution in [-0.2, 0) is 7.05 Å². The summed E-state index contributed by atoms with van der Waals surface area (Å²) in [6, 6.07) is 0. The summed E-state index contributed by atoms with van der Waals surface area (Å²) in [7, 11) is 3.53. The highest BCUT2D eigenvalue weighted by atomic mass is 32.2. The number of nitrogens with one attached hydrogen (secondary N) is 1. The molecule has 1 unspecified atom stereocenters. The third kappa shape index (κ3) is 4.82. The van der Waals surface area contributed by atoms with Gasteiger partial charge >= 0.3 is 5.51 Å². The number of aromatic nitrogens is 2. The van der Waals surface area contributed by atoms with E-state index in [4.69, 9.17) is 0 Å². The Balaban J connectivity index is 1.80. The Morgan fingerprint density at radius 3 is 2.91 bits per heavy atom. The first-order valence-corrected chi connectivity index (χ1v) is 8.02. The largest absolute Gasteiger partial charge is 0.441 e. The second-order valence-corrected chi connectivity index (χ2v) is 6.31. The van der Waals surface area contributed by atoms with E-state index in [1.54, 1.807) is 11.7 Å². The minimum absolute atomic E-state index is 0.0183. The van der Waals surface area contributed by atoms with Crippen LogP contribution < -0.4 is 5.32 Å². The van der Waals surface area contributed by atoms with Gasteiger partial charge in [-0.1, -0.05) is 0 Å². The summed E-state index contributed by atoms with van der Waals surface area (Å²) < 4.78 is 38.0. The van der Waals surface area contributed by atoms with Crippen LogP contribution in [0.25, 0.3) is 0 Å². The van der Waals surface area contributed by atoms with E-state index in [-0.39, 0.29) is 24.1 Å². The number of rotatable bonds is 4. The Morgan fingerprint density at radius 2 is 2.32 bits per heavy atom. The Bertz CT molecular complexity index is 514. The molecule has 1 fully saturated rings. The van der Waals surface area contributed by atoms with Gasteiger partial charge < -0.3 is 10.2 Å². The molecular formula is C13H20F3N5S. The maximum Gasteiger partial charge on any atom is 0.441 e. The van der Waals surface area contributed by atoms with Gasteiger partial charge in [0.2, 0.25) is 0 Å². The number of alkyl halides is 3. The first-order valence-electron chi connectivity index (χ1n) is 7.04. The van der Waals surface area contributed by atoms with Crippen molar-refractivity contribution in [2.24, 2.45) is 12.0 Å². The molecule has 0 radical (unpaired) electrons. The van der Waals surface area contributed by atoms with Crippen molar-refractivity contribution in [2.45, 2.75) is 17.8 Å². The van der Waals surface area contributed by atoms with E-state index >= 15 is 0 Å². The maximum atomic E-state index is 12.1. The van der Waals surface area contributed by atoms with Crippen molar-refractivity contribution in [3.63, 3.8) is 0 Å². The molecule has 1 aliphatic rings. The highest BCUT2D eigenvalue weighted by Crippen LogP contribution is 2.29. The number of aliphatic imine (C=N–C) groups is 1. The smallest absolute Gasteiger partial charge is 0.355 e. The fourth-order valence-electron chi connectivity index (χ4n) is 2.54. The van der Waals surface area contributed by atoms with Gasteiger partial charge in [-0.3, -0.25) is 9.67 Å². The highest BCUT2D eigenvalue weighted by Gasteiger charge is 2.29. The molecule has 22 heavy (non-hydrogen) atoms. The Morgan fingerprint density at radius 1 is 1.55 bits per heavy atom. The summed E-state index contributed by atoms with van der Waals surface area (Å²) in [5.74, 6) is 1.02. The van der Waals surface area contributed by atoms with Crippen molar-refractivity contribution in [3.05, 3.63) is 18.0 Å². The quantitative estimate of drug-likeness (QED) is 0.520. The SMILES string of the molecule is CN=C(NCCSC(F)(F)F)N1CCC(c2cnn(C)c2)C1. The van der Waals surface area contributed by atoms with Gasteiger partial charge in [0.15, 0.2) is 5.96 Å². The van der Waals surface area contributed by atoms with E-state index < -0.39 is 5.51 Å². The molecule has 1 N–H and O–H groups in total. The predicted molar refractivity (Wildman–Crippen MR) is 82.0 cm³/mol. The third-order valence-corrected chi connectivity index (χ3v) is 4.28. The number of guanidine groups is 1. The third-order valence-electron chi connectivity index (χ3n) is 3.55. The van der Waals surface area contributed by atoms with E-state index in [0.29, 0.717) is 11.9 Å². The van der Waals surface area contributed by atoms with E-state index in [2.05, 4.69) is 20.3 Å². The van der Waals surface area contributed by atoms with Crippen LogP contribution in [0.5, 0.6) is 0 Å². The molecule has 0 saturated carbocycles. The highest BCUT2D eigenvalue weighted by molar-refractivity contribution is 8.00. The van der Waals surface area contributed by atoms with Crippen LogP contribution in [0, 0.1) is 0 Å². The van der Waals surface area contributed by atoms with Gasteiger partial charge in [0.05, 0.1) is 6.20 Å². The maximum absolute atomic E-state index is 12.1. The number of hydrogen-bond acceptors (Lipinski definition) is 3. The summed E-state index contributed by atoms with van der Waals surface area (Å²) in [4.78, 5) is 6.24. The van der Waals surface area contributed by atoms with Gasteiger partial charge in [0.25, 0.3) is 0 Å². The molecule has 2 rings (SSSR count). The molecule has 1 aromatic rings. The molecule has 1 atom stereocenters. The minimum Gasteiger partial charge on any atom is -0.355 e. The summed E-state index contributed by atoms with van der Waals surface area (Å²) in [6.07, 6.45) is 4.86. The summed E-state index contributed by atoms with van der Waals surface area (Å²) in [5, 5.41) is 7.17. The number of likely N-dealkylation sites (tertiary alicyclic amines) is 1. The van der Waals surface area contributed by atoms with E-state index in [1.807, 2.05) is 19.4 Å².